The van der Waals surface area contributed by atoms with Crippen molar-refractivity contribution in [3.8, 4) is 0 Å². The standard InChI is InChI=1S/C9H13N3O2/c1-9(11,4-8(13)14)6-2-3-7(10)12-5-6/h2-3,5H,4,11H2,1H3,(H2,10,12)(H,13,14)/t9-/m1/s1. The van der Waals surface area contributed by atoms with Crippen LogP contribution in [-0.4, -0.2) is 16.1 Å². The monoisotopic (exact) mass is 195 g/mol. The molecule has 0 saturated heterocycles. The van der Waals surface area contributed by atoms with Gasteiger partial charge in [0.1, 0.15) is 5.82 Å². The molecule has 1 aromatic rings. The highest BCUT2D eigenvalue weighted by molar-refractivity contribution is 5.68. The van der Waals surface area contributed by atoms with Crippen molar-refractivity contribution in [1.82, 2.24) is 4.98 Å². The van der Waals surface area contributed by atoms with Gasteiger partial charge in [0.15, 0.2) is 0 Å². The molecule has 5 heteroatoms. The maximum absolute atomic E-state index is 10.5. The SMILES string of the molecule is C[C@@](N)(CC(=O)O)c1ccc(N)nc1. The Morgan fingerprint density at radius 1 is 1.64 bits per heavy atom. The Kier molecular flexibility index (Phi) is 2.71. The molecule has 76 valence electrons. The predicted molar refractivity (Wildman–Crippen MR) is 52.4 cm³/mol. The number of carbonyl (C=O) groups is 1. The number of rotatable bonds is 3. The van der Waals surface area contributed by atoms with Gasteiger partial charge in [-0.15, -0.1) is 0 Å². The minimum Gasteiger partial charge on any atom is -0.481 e. The Labute approximate surface area is 81.7 Å². The van der Waals surface area contributed by atoms with Crippen molar-refractivity contribution in [1.29, 1.82) is 0 Å². The molecule has 1 rings (SSSR count). The topological polar surface area (TPSA) is 102 Å². The molecule has 0 aliphatic heterocycles. The lowest BCUT2D eigenvalue weighted by Gasteiger charge is -2.22. The van der Waals surface area contributed by atoms with Crippen LogP contribution >= 0.6 is 0 Å². The molecule has 0 aromatic carbocycles. The molecule has 0 unspecified atom stereocenters. The highest BCUT2D eigenvalue weighted by Gasteiger charge is 2.24. The lowest BCUT2D eigenvalue weighted by Crippen LogP contribution is -2.35. The van der Waals surface area contributed by atoms with Gasteiger partial charge < -0.3 is 16.6 Å². The Morgan fingerprint density at radius 3 is 2.71 bits per heavy atom. The third kappa shape index (κ3) is 2.43. The van der Waals surface area contributed by atoms with E-state index in [1.165, 1.54) is 6.20 Å². The second-order valence-electron chi connectivity index (χ2n) is 3.46. The number of hydrogen-bond acceptors (Lipinski definition) is 4. The number of carboxylic acid groups (broad SMARTS) is 1. The number of carboxylic acids is 1. The fourth-order valence-corrected chi connectivity index (χ4v) is 1.16. The molecule has 0 bridgehead atoms. The van der Waals surface area contributed by atoms with Crippen LogP contribution in [0.3, 0.4) is 0 Å². The quantitative estimate of drug-likeness (QED) is 0.644. The Hall–Kier alpha value is -1.62. The fraction of sp³-hybridized carbons (Fsp3) is 0.333. The fourth-order valence-electron chi connectivity index (χ4n) is 1.16. The van der Waals surface area contributed by atoms with E-state index in [9.17, 15) is 4.79 Å². The van der Waals surface area contributed by atoms with Gasteiger partial charge in [0.25, 0.3) is 0 Å². The first kappa shape index (κ1) is 10.5. The average Bonchev–Trinajstić information content (AvgIpc) is 2.02. The van der Waals surface area contributed by atoms with Gasteiger partial charge in [0, 0.05) is 6.20 Å². The number of pyridine rings is 1. The van der Waals surface area contributed by atoms with E-state index in [1.807, 2.05) is 0 Å². The van der Waals surface area contributed by atoms with Gasteiger partial charge in [-0.1, -0.05) is 6.07 Å². The number of nitrogens with two attached hydrogens (primary N) is 2. The number of nitrogen functional groups attached to an aromatic ring is 1. The molecule has 0 spiro atoms. The Balaban J connectivity index is 2.91. The van der Waals surface area contributed by atoms with Gasteiger partial charge in [-0.25, -0.2) is 4.98 Å². The van der Waals surface area contributed by atoms with Crippen molar-refractivity contribution < 1.29 is 9.90 Å². The highest BCUT2D eigenvalue weighted by Crippen LogP contribution is 2.21. The number of aromatic nitrogens is 1. The smallest absolute Gasteiger partial charge is 0.305 e. The number of anilines is 1. The van der Waals surface area contributed by atoms with E-state index in [0.29, 0.717) is 11.4 Å². The van der Waals surface area contributed by atoms with Gasteiger partial charge in [-0.05, 0) is 18.6 Å². The molecular formula is C9H13N3O2. The second kappa shape index (κ2) is 3.63. The van der Waals surface area contributed by atoms with Crippen LogP contribution in [0.15, 0.2) is 18.3 Å². The van der Waals surface area contributed by atoms with Crippen LogP contribution in [0, 0.1) is 0 Å². The lowest BCUT2D eigenvalue weighted by molar-refractivity contribution is -0.138. The minimum atomic E-state index is -0.938. The molecule has 0 radical (unpaired) electrons. The van der Waals surface area contributed by atoms with Crippen molar-refractivity contribution in [3.05, 3.63) is 23.9 Å². The zero-order valence-corrected chi connectivity index (χ0v) is 7.90. The summed E-state index contributed by atoms with van der Waals surface area (Å²) >= 11 is 0. The molecule has 0 saturated carbocycles. The van der Waals surface area contributed by atoms with Gasteiger partial charge in [0.2, 0.25) is 0 Å². The molecule has 1 atom stereocenters. The molecule has 0 aliphatic carbocycles. The maximum Gasteiger partial charge on any atom is 0.305 e. The molecule has 5 nitrogen and oxygen atoms in total. The van der Waals surface area contributed by atoms with Crippen molar-refractivity contribution in [2.75, 3.05) is 5.73 Å². The molecule has 1 aromatic heterocycles. The van der Waals surface area contributed by atoms with Crippen molar-refractivity contribution in [3.63, 3.8) is 0 Å². The number of hydrogen-bond donors (Lipinski definition) is 3. The minimum absolute atomic E-state index is 0.140. The number of aliphatic carboxylic acids is 1. The highest BCUT2D eigenvalue weighted by atomic mass is 16.4. The Bertz CT molecular complexity index is 332. The first-order chi connectivity index (χ1) is 6.42. The summed E-state index contributed by atoms with van der Waals surface area (Å²) in [6, 6.07) is 3.29. The summed E-state index contributed by atoms with van der Waals surface area (Å²) in [4.78, 5) is 14.4. The van der Waals surface area contributed by atoms with Crippen LogP contribution < -0.4 is 11.5 Å². The van der Waals surface area contributed by atoms with Crippen LogP contribution in [0.4, 0.5) is 5.82 Å². The summed E-state index contributed by atoms with van der Waals surface area (Å²) in [5, 5.41) is 8.64. The molecule has 1 heterocycles. The van der Waals surface area contributed by atoms with Gasteiger partial charge >= 0.3 is 5.97 Å². The van der Waals surface area contributed by atoms with E-state index < -0.39 is 11.5 Å². The third-order valence-electron chi connectivity index (χ3n) is 1.96. The zero-order valence-electron chi connectivity index (χ0n) is 7.90. The van der Waals surface area contributed by atoms with E-state index in [2.05, 4.69) is 4.98 Å². The summed E-state index contributed by atoms with van der Waals surface area (Å²) in [5.41, 5.74) is 11.0. The summed E-state index contributed by atoms with van der Waals surface area (Å²) < 4.78 is 0. The largest absolute Gasteiger partial charge is 0.481 e. The van der Waals surface area contributed by atoms with Gasteiger partial charge in [-0.2, -0.15) is 0 Å². The molecule has 0 fully saturated rings. The van der Waals surface area contributed by atoms with Crippen LogP contribution in [0.1, 0.15) is 18.9 Å². The molecule has 0 amide bonds. The maximum atomic E-state index is 10.5. The summed E-state index contributed by atoms with van der Waals surface area (Å²) in [5.74, 6) is -0.549. The average molecular weight is 195 g/mol. The van der Waals surface area contributed by atoms with Crippen molar-refractivity contribution in [2.45, 2.75) is 18.9 Å². The van der Waals surface area contributed by atoms with E-state index >= 15 is 0 Å². The molecular weight excluding hydrogens is 182 g/mol. The predicted octanol–water partition coefficient (Wildman–Crippen LogP) is 0.312. The Morgan fingerprint density at radius 2 is 2.29 bits per heavy atom. The summed E-state index contributed by atoms with van der Waals surface area (Å²) in [6.07, 6.45) is 1.36. The summed E-state index contributed by atoms with van der Waals surface area (Å²) in [7, 11) is 0. The normalized spacial score (nSPS) is 14.7. The van der Waals surface area contributed by atoms with E-state index in [0.717, 1.165) is 0 Å². The third-order valence-corrected chi connectivity index (χ3v) is 1.96. The summed E-state index contributed by atoms with van der Waals surface area (Å²) in [6.45, 7) is 1.65. The molecule has 5 N–H and O–H groups in total. The van der Waals surface area contributed by atoms with Crippen LogP contribution in [-0.2, 0) is 10.3 Å². The van der Waals surface area contributed by atoms with E-state index in [4.69, 9.17) is 16.6 Å². The van der Waals surface area contributed by atoms with Crippen molar-refractivity contribution >= 4 is 11.8 Å². The van der Waals surface area contributed by atoms with Gasteiger partial charge in [-0.3, -0.25) is 4.79 Å². The first-order valence-electron chi connectivity index (χ1n) is 4.14. The molecule has 0 aliphatic rings. The molecule has 14 heavy (non-hydrogen) atoms. The zero-order chi connectivity index (χ0) is 10.8. The van der Waals surface area contributed by atoms with Crippen LogP contribution in [0.2, 0.25) is 0 Å². The van der Waals surface area contributed by atoms with E-state index in [-0.39, 0.29) is 6.42 Å². The van der Waals surface area contributed by atoms with Crippen LogP contribution in [0.5, 0.6) is 0 Å². The first-order valence-corrected chi connectivity index (χ1v) is 4.14. The number of nitrogens with zero attached hydrogens (tertiary/aromatic N) is 1. The van der Waals surface area contributed by atoms with E-state index in [1.54, 1.807) is 19.1 Å². The van der Waals surface area contributed by atoms with Crippen LogP contribution in [0.25, 0.3) is 0 Å². The second-order valence-corrected chi connectivity index (χ2v) is 3.46. The van der Waals surface area contributed by atoms with Gasteiger partial charge in [0.05, 0.1) is 12.0 Å². The lowest BCUT2D eigenvalue weighted by atomic mass is 9.91. The van der Waals surface area contributed by atoms with Crippen molar-refractivity contribution in [2.24, 2.45) is 5.73 Å².